The highest BCUT2D eigenvalue weighted by Crippen LogP contribution is 2.38. The van der Waals surface area contributed by atoms with Gasteiger partial charge in [0.15, 0.2) is 5.82 Å². The highest BCUT2D eigenvalue weighted by Gasteiger charge is 2.28. The molecule has 0 aliphatic heterocycles. The van der Waals surface area contributed by atoms with E-state index in [-0.39, 0.29) is 0 Å². The largest absolute Gasteiger partial charge is 0.337 e. The Labute approximate surface area is 124 Å². The van der Waals surface area contributed by atoms with Crippen LogP contribution in [0.3, 0.4) is 0 Å². The molecule has 1 fully saturated rings. The van der Waals surface area contributed by atoms with E-state index < -0.39 is 0 Å². The molecule has 2 heterocycles. The molecule has 0 atom stereocenters. The van der Waals surface area contributed by atoms with Crippen molar-refractivity contribution in [2.45, 2.75) is 25.3 Å². The molecule has 0 spiro atoms. The van der Waals surface area contributed by atoms with Gasteiger partial charge in [-0.15, -0.1) is 10.2 Å². The summed E-state index contributed by atoms with van der Waals surface area (Å²) >= 11 is 5.86. The second kappa shape index (κ2) is 4.92. The molecule has 2 aromatic heterocycles. The first kappa shape index (κ1) is 12.5. The van der Waals surface area contributed by atoms with E-state index in [2.05, 4.69) is 25.6 Å². The van der Waals surface area contributed by atoms with Crippen LogP contribution in [-0.2, 0) is 6.54 Å². The quantitative estimate of drug-likeness (QED) is 0.735. The van der Waals surface area contributed by atoms with Crippen molar-refractivity contribution in [2.24, 2.45) is 0 Å². The Morgan fingerprint density at radius 3 is 2.81 bits per heavy atom. The van der Waals surface area contributed by atoms with Gasteiger partial charge in [-0.05, 0) is 42.3 Å². The number of halogens is 1. The van der Waals surface area contributed by atoms with Crippen molar-refractivity contribution >= 4 is 11.6 Å². The van der Waals surface area contributed by atoms with Crippen molar-refractivity contribution in [3.8, 4) is 11.4 Å². The van der Waals surface area contributed by atoms with Gasteiger partial charge >= 0.3 is 0 Å². The molecule has 0 unspecified atom stereocenters. The van der Waals surface area contributed by atoms with Crippen LogP contribution in [0.1, 0.15) is 30.5 Å². The van der Waals surface area contributed by atoms with Crippen LogP contribution in [0.4, 0.5) is 0 Å². The Morgan fingerprint density at radius 1 is 1.24 bits per heavy atom. The average molecular weight is 303 g/mol. The normalized spacial score (nSPS) is 14.5. The van der Waals surface area contributed by atoms with Crippen LogP contribution in [0.5, 0.6) is 0 Å². The molecule has 0 radical (unpaired) electrons. The second-order valence-corrected chi connectivity index (χ2v) is 5.41. The first-order chi connectivity index (χ1) is 10.3. The van der Waals surface area contributed by atoms with E-state index in [4.69, 9.17) is 16.1 Å². The number of rotatable bonds is 4. The lowest BCUT2D eigenvalue weighted by molar-refractivity contribution is 0.352. The van der Waals surface area contributed by atoms with E-state index in [0.29, 0.717) is 29.2 Å². The molecule has 0 bridgehead atoms. The van der Waals surface area contributed by atoms with E-state index >= 15 is 0 Å². The van der Waals surface area contributed by atoms with Crippen LogP contribution < -0.4 is 0 Å². The van der Waals surface area contributed by atoms with Crippen molar-refractivity contribution < 1.29 is 4.52 Å². The summed E-state index contributed by atoms with van der Waals surface area (Å²) in [6, 6.07) is 7.28. The lowest BCUT2D eigenvalue weighted by atomic mass is 10.2. The number of benzene rings is 1. The minimum atomic E-state index is 0.320. The SMILES string of the molecule is Clc1ccc(-c2nnn(Cc3nc(C4CC4)no3)n2)cc1. The van der Waals surface area contributed by atoms with Gasteiger partial charge in [0, 0.05) is 16.5 Å². The summed E-state index contributed by atoms with van der Waals surface area (Å²) in [6.45, 7) is 0.320. The summed E-state index contributed by atoms with van der Waals surface area (Å²) in [5.41, 5.74) is 0.856. The molecule has 3 aromatic rings. The van der Waals surface area contributed by atoms with Gasteiger partial charge in [0.25, 0.3) is 0 Å². The molecule has 4 rings (SSSR count). The lowest BCUT2D eigenvalue weighted by Crippen LogP contribution is -2.04. The van der Waals surface area contributed by atoms with Gasteiger partial charge in [-0.3, -0.25) is 0 Å². The second-order valence-electron chi connectivity index (χ2n) is 4.97. The summed E-state index contributed by atoms with van der Waals surface area (Å²) in [5, 5.41) is 16.9. The fourth-order valence-electron chi connectivity index (χ4n) is 1.99. The number of hydrogen-bond acceptors (Lipinski definition) is 6. The summed E-state index contributed by atoms with van der Waals surface area (Å²) in [7, 11) is 0. The maximum absolute atomic E-state index is 5.86. The van der Waals surface area contributed by atoms with Crippen LogP contribution in [0.2, 0.25) is 5.02 Å². The van der Waals surface area contributed by atoms with Crippen molar-refractivity contribution in [3.05, 3.63) is 41.0 Å². The van der Waals surface area contributed by atoms with Crippen molar-refractivity contribution in [2.75, 3.05) is 0 Å². The third kappa shape index (κ3) is 2.64. The molecule has 106 valence electrons. The van der Waals surface area contributed by atoms with E-state index in [1.54, 1.807) is 12.1 Å². The van der Waals surface area contributed by atoms with Crippen LogP contribution >= 0.6 is 11.6 Å². The fourth-order valence-corrected chi connectivity index (χ4v) is 2.11. The molecule has 1 aliphatic carbocycles. The molecule has 8 heteroatoms. The van der Waals surface area contributed by atoms with E-state index in [1.165, 1.54) is 4.80 Å². The van der Waals surface area contributed by atoms with Crippen LogP contribution in [-0.4, -0.2) is 30.3 Å². The minimum absolute atomic E-state index is 0.320. The Balaban J connectivity index is 1.52. The fraction of sp³-hybridized carbons (Fsp3) is 0.308. The molecular weight excluding hydrogens is 292 g/mol. The topological polar surface area (TPSA) is 82.5 Å². The summed E-state index contributed by atoms with van der Waals surface area (Å²) < 4.78 is 5.19. The van der Waals surface area contributed by atoms with Gasteiger partial charge in [-0.25, -0.2) is 0 Å². The van der Waals surface area contributed by atoms with Crippen molar-refractivity contribution in [1.82, 2.24) is 30.3 Å². The summed E-state index contributed by atoms with van der Waals surface area (Å²) in [6.07, 6.45) is 2.28. The number of nitrogens with zero attached hydrogens (tertiary/aromatic N) is 6. The number of aromatic nitrogens is 6. The molecule has 0 saturated heterocycles. The summed E-state index contributed by atoms with van der Waals surface area (Å²) in [4.78, 5) is 5.78. The van der Waals surface area contributed by atoms with Crippen molar-refractivity contribution in [1.29, 1.82) is 0 Å². The number of tetrazole rings is 1. The highest BCUT2D eigenvalue weighted by molar-refractivity contribution is 6.30. The van der Waals surface area contributed by atoms with Gasteiger partial charge < -0.3 is 4.52 Å². The molecule has 21 heavy (non-hydrogen) atoms. The Kier molecular flexibility index (Phi) is 2.92. The zero-order valence-electron chi connectivity index (χ0n) is 11.0. The average Bonchev–Trinajstić information content (AvgIpc) is 3.06. The van der Waals surface area contributed by atoms with Crippen molar-refractivity contribution in [3.63, 3.8) is 0 Å². The maximum atomic E-state index is 5.86. The Bertz CT molecular complexity index is 761. The smallest absolute Gasteiger partial charge is 0.250 e. The minimum Gasteiger partial charge on any atom is -0.337 e. The standard InChI is InChI=1S/C13H11ClN6O/c14-10-5-3-9(4-6-10)13-16-19-20(17-13)7-11-15-12(18-21-11)8-1-2-8/h3-6,8H,1-2,7H2. The van der Waals surface area contributed by atoms with E-state index in [0.717, 1.165) is 24.2 Å². The molecule has 0 amide bonds. The monoisotopic (exact) mass is 302 g/mol. The number of hydrogen-bond donors (Lipinski definition) is 0. The van der Waals surface area contributed by atoms with Crippen LogP contribution in [0, 0.1) is 0 Å². The predicted octanol–water partition coefficient (Wildman–Crippen LogP) is 2.30. The van der Waals surface area contributed by atoms with Gasteiger partial charge in [0.2, 0.25) is 11.7 Å². The first-order valence-corrected chi connectivity index (χ1v) is 7.02. The van der Waals surface area contributed by atoms with E-state index in [1.807, 2.05) is 12.1 Å². The summed E-state index contributed by atoms with van der Waals surface area (Å²) in [5.74, 6) is 2.28. The van der Waals surface area contributed by atoms with Gasteiger partial charge in [0.05, 0.1) is 0 Å². The Morgan fingerprint density at radius 2 is 2.05 bits per heavy atom. The van der Waals surface area contributed by atoms with E-state index in [9.17, 15) is 0 Å². The first-order valence-electron chi connectivity index (χ1n) is 6.64. The highest BCUT2D eigenvalue weighted by atomic mass is 35.5. The zero-order chi connectivity index (χ0) is 14.2. The Hall–Kier alpha value is -2.28. The van der Waals surface area contributed by atoms with Gasteiger partial charge in [0.1, 0.15) is 6.54 Å². The third-order valence-corrected chi connectivity index (χ3v) is 3.51. The van der Waals surface area contributed by atoms with Gasteiger partial charge in [-0.2, -0.15) is 9.78 Å². The molecule has 7 nitrogen and oxygen atoms in total. The lowest BCUT2D eigenvalue weighted by Gasteiger charge is -1.94. The maximum Gasteiger partial charge on any atom is 0.250 e. The molecular formula is C13H11ClN6O. The molecule has 1 aliphatic rings. The third-order valence-electron chi connectivity index (χ3n) is 3.26. The zero-order valence-corrected chi connectivity index (χ0v) is 11.7. The van der Waals surface area contributed by atoms with Crippen LogP contribution in [0.25, 0.3) is 11.4 Å². The predicted molar refractivity (Wildman–Crippen MR) is 73.6 cm³/mol. The van der Waals surface area contributed by atoms with Crippen LogP contribution in [0.15, 0.2) is 28.8 Å². The molecule has 1 saturated carbocycles. The van der Waals surface area contributed by atoms with Gasteiger partial charge in [-0.1, -0.05) is 16.8 Å². The molecule has 1 aromatic carbocycles. The molecule has 0 N–H and O–H groups in total.